The maximum Gasteiger partial charge on any atom is 0.313 e. The highest BCUT2D eigenvalue weighted by atomic mass is 32.1. The van der Waals surface area contributed by atoms with Crippen LogP contribution in [0, 0.1) is 12.3 Å². The summed E-state index contributed by atoms with van der Waals surface area (Å²) in [7, 11) is 0. The van der Waals surface area contributed by atoms with Gasteiger partial charge in [-0.3, -0.25) is 4.79 Å². The van der Waals surface area contributed by atoms with Gasteiger partial charge < -0.3 is 10.5 Å². The highest BCUT2D eigenvalue weighted by molar-refractivity contribution is 7.09. The number of aryl methyl sites for hydroxylation is 1. The topological polar surface area (TPSA) is 65.2 Å². The minimum absolute atomic E-state index is 0.194. The smallest absolute Gasteiger partial charge is 0.313 e. The zero-order valence-electron chi connectivity index (χ0n) is 11.4. The van der Waals surface area contributed by atoms with Crippen molar-refractivity contribution in [1.29, 1.82) is 0 Å². The van der Waals surface area contributed by atoms with Gasteiger partial charge in [0.05, 0.1) is 22.7 Å². The number of thiazole rings is 1. The number of carbonyl (C=O) groups excluding carboxylic acids is 1. The largest absolute Gasteiger partial charge is 0.466 e. The van der Waals surface area contributed by atoms with Crippen LogP contribution >= 0.6 is 11.3 Å². The molecule has 1 unspecified atom stereocenters. The van der Waals surface area contributed by atoms with E-state index in [9.17, 15) is 4.79 Å². The van der Waals surface area contributed by atoms with Crippen molar-refractivity contribution in [1.82, 2.24) is 4.98 Å². The average molecular weight is 270 g/mol. The number of ether oxygens (including phenoxy) is 1. The lowest BCUT2D eigenvalue weighted by Crippen LogP contribution is -2.42. The fourth-order valence-corrected chi connectivity index (χ4v) is 2.73. The van der Waals surface area contributed by atoms with E-state index in [2.05, 4.69) is 11.9 Å². The fraction of sp³-hybridized carbons (Fsp3) is 0.692. The molecule has 0 aliphatic carbocycles. The lowest BCUT2D eigenvalue weighted by Gasteiger charge is -2.29. The third-order valence-electron chi connectivity index (χ3n) is 3.01. The van der Waals surface area contributed by atoms with Gasteiger partial charge in [0.15, 0.2) is 0 Å². The Morgan fingerprint density at radius 3 is 2.72 bits per heavy atom. The summed E-state index contributed by atoms with van der Waals surface area (Å²) in [4.78, 5) is 16.6. The maximum atomic E-state index is 12.2. The van der Waals surface area contributed by atoms with Crippen LogP contribution in [-0.4, -0.2) is 24.1 Å². The predicted octanol–water partition coefficient (Wildman–Crippen LogP) is 2.30. The average Bonchev–Trinajstić information content (AvgIpc) is 2.74. The molecule has 5 heteroatoms. The van der Waals surface area contributed by atoms with E-state index in [1.807, 2.05) is 19.2 Å². The molecule has 0 radical (unpaired) electrons. The van der Waals surface area contributed by atoms with Gasteiger partial charge in [-0.1, -0.05) is 13.3 Å². The molecule has 0 bridgehead atoms. The van der Waals surface area contributed by atoms with Crippen LogP contribution in [0.15, 0.2) is 5.38 Å². The van der Waals surface area contributed by atoms with Crippen molar-refractivity contribution < 1.29 is 9.53 Å². The summed E-state index contributed by atoms with van der Waals surface area (Å²) in [6.45, 7) is 6.52. The molecule has 0 aliphatic heterocycles. The van der Waals surface area contributed by atoms with Gasteiger partial charge in [-0.2, -0.15) is 0 Å². The Kier molecular flexibility index (Phi) is 5.75. The summed E-state index contributed by atoms with van der Waals surface area (Å²) in [5.41, 5.74) is 6.17. The zero-order valence-corrected chi connectivity index (χ0v) is 12.2. The van der Waals surface area contributed by atoms with Gasteiger partial charge in [-0.05, 0) is 20.3 Å². The first-order valence-electron chi connectivity index (χ1n) is 6.36. The normalized spacial score (nSPS) is 14.2. The molecule has 102 valence electrons. The summed E-state index contributed by atoms with van der Waals surface area (Å²) < 4.78 is 5.19. The van der Waals surface area contributed by atoms with E-state index in [4.69, 9.17) is 10.5 Å². The molecule has 2 N–H and O–H groups in total. The number of nitrogens with two attached hydrogens (primary N) is 1. The van der Waals surface area contributed by atoms with Gasteiger partial charge >= 0.3 is 5.97 Å². The molecule has 0 spiro atoms. The van der Waals surface area contributed by atoms with E-state index in [0.29, 0.717) is 19.6 Å². The van der Waals surface area contributed by atoms with Crippen LogP contribution in [0.25, 0.3) is 0 Å². The van der Waals surface area contributed by atoms with Gasteiger partial charge in [-0.15, -0.1) is 11.3 Å². The molecule has 0 fully saturated rings. The third kappa shape index (κ3) is 3.53. The molecular formula is C13H22N2O2S. The first-order chi connectivity index (χ1) is 8.57. The molecule has 1 rings (SSSR count). The van der Waals surface area contributed by atoms with E-state index in [1.165, 1.54) is 0 Å². The maximum absolute atomic E-state index is 12.2. The standard InChI is InChI=1S/C13H22N2O2S/c1-4-6-13(9-14,12(16)17-5-2)7-11-8-18-10(3)15-11/h8H,4-7,9,14H2,1-3H3. The molecule has 18 heavy (non-hydrogen) atoms. The van der Waals surface area contributed by atoms with E-state index in [-0.39, 0.29) is 5.97 Å². The number of aromatic nitrogens is 1. The summed E-state index contributed by atoms with van der Waals surface area (Å²) in [6.07, 6.45) is 2.21. The van der Waals surface area contributed by atoms with Crippen LogP contribution in [0.5, 0.6) is 0 Å². The van der Waals surface area contributed by atoms with Crippen LogP contribution in [0.3, 0.4) is 0 Å². The summed E-state index contributed by atoms with van der Waals surface area (Å²) in [6, 6.07) is 0. The van der Waals surface area contributed by atoms with Crippen LogP contribution in [0.4, 0.5) is 0 Å². The lowest BCUT2D eigenvalue weighted by molar-refractivity contribution is -0.155. The number of carbonyl (C=O) groups is 1. The number of hydrogen-bond acceptors (Lipinski definition) is 5. The van der Waals surface area contributed by atoms with Crippen molar-refractivity contribution in [2.45, 2.75) is 40.0 Å². The van der Waals surface area contributed by atoms with Crippen molar-refractivity contribution in [2.75, 3.05) is 13.2 Å². The summed E-state index contributed by atoms with van der Waals surface area (Å²) in [5, 5.41) is 3.01. The van der Waals surface area contributed by atoms with E-state index in [1.54, 1.807) is 11.3 Å². The van der Waals surface area contributed by atoms with Crippen LogP contribution < -0.4 is 5.73 Å². The van der Waals surface area contributed by atoms with Crippen LogP contribution in [0.1, 0.15) is 37.4 Å². The molecule has 0 aromatic carbocycles. The molecule has 1 aromatic rings. The Labute approximate surface area is 113 Å². The second-order valence-electron chi connectivity index (χ2n) is 4.49. The van der Waals surface area contributed by atoms with Gasteiger partial charge in [0.25, 0.3) is 0 Å². The van der Waals surface area contributed by atoms with E-state index >= 15 is 0 Å². The Balaban J connectivity index is 2.91. The first kappa shape index (κ1) is 15.1. The Bertz CT molecular complexity index is 392. The molecule has 4 nitrogen and oxygen atoms in total. The lowest BCUT2D eigenvalue weighted by atomic mass is 9.79. The minimum atomic E-state index is -0.620. The number of rotatable bonds is 7. The molecule has 0 saturated heterocycles. The monoisotopic (exact) mass is 270 g/mol. The molecule has 0 aliphatic rings. The van der Waals surface area contributed by atoms with Gasteiger partial charge in [0, 0.05) is 18.3 Å². The van der Waals surface area contributed by atoms with Gasteiger partial charge in [-0.25, -0.2) is 4.98 Å². The first-order valence-corrected chi connectivity index (χ1v) is 7.24. The zero-order chi connectivity index (χ0) is 13.6. The molecule has 1 aromatic heterocycles. The Hall–Kier alpha value is -0.940. The van der Waals surface area contributed by atoms with E-state index < -0.39 is 5.41 Å². The molecular weight excluding hydrogens is 248 g/mol. The summed E-state index contributed by atoms with van der Waals surface area (Å²) >= 11 is 1.59. The molecule has 0 saturated carbocycles. The van der Waals surface area contributed by atoms with Crippen LogP contribution in [0.2, 0.25) is 0 Å². The summed E-state index contributed by atoms with van der Waals surface area (Å²) in [5.74, 6) is -0.194. The van der Waals surface area contributed by atoms with Crippen molar-refractivity contribution in [3.05, 3.63) is 16.1 Å². The van der Waals surface area contributed by atoms with Crippen molar-refractivity contribution >= 4 is 17.3 Å². The van der Waals surface area contributed by atoms with Gasteiger partial charge in [0.1, 0.15) is 0 Å². The van der Waals surface area contributed by atoms with Crippen molar-refractivity contribution in [2.24, 2.45) is 11.1 Å². The highest BCUT2D eigenvalue weighted by Gasteiger charge is 2.38. The predicted molar refractivity (Wildman–Crippen MR) is 73.6 cm³/mol. The Morgan fingerprint density at radius 2 is 2.28 bits per heavy atom. The third-order valence-corrected chi connectivity index (χ3v) is 3.84. The quantitative estimate of drug-likeness (QED) is 0.772. The van der Waals surface area contributed by atoms with Crippen molar-refractivity contribution in [3.8, 4) is 0 Å². The minimum Gasteiger partial charge on any atom is -0.466 e. The molecule has 1 heterocycles. The molecule has 0 amide bonds. The molecule has 1 atom stereocenters. The van der Waals surface area contributed by atoms with Crippen LogP contribution in [-0.2, 0) is 16.0 Å². The highest BCUT2D eigenvalue weighted by Crippen LogP contribution is 2.30. The SMILES string of the molecule is CCCC(CN)(Cc1csc(C)n1)C(=O)OCC. The van der Waals surface area contributed by atoms with Gasteiger partial charge in [0.2, 0.25) is 0 Å². The second kappa shape index (κ2) is 6.85. The van der Waals surface area contributed by atoms with E-state index in [0.717, 1.165) is 23.5 Å². The number of hydrogen-bond donors (Lipinski definition) is 1. The fourth-order valence-electron chi connectivity index (χ4n) is 2.12. The second-order valence-corrected chi connectivity index (χ2v) is 5.55. The van der Waals surface area contributed by atoms with Crippen molar-refractivity contribution in [3.63, 3.8) is 0 Å². The number of esters is 1. The Morgan fingerprint density at radius 1 is 1.56 bits per heavy atom. The number of nitrogens with zero attached hydrogens (tertiary/aromatic N) is 1.